The number of hydrogen-bond acceptors (Lipinski definition) is 2. The highest BCUT2D eigenvalue weighted by Gasteiger charge is 2.31. The third-order valence-corrected chi connectivity index (χ3v) is 2.61. The van der Waals surface area contributed by atoms with Crippen molar-refractivity contribution in [2.45, 2.75) is 40.2 Å². The van der Waals surface area contributed by atoms with Gasteiger partial charge in [0, 0.05) is 20.1 Å². The minimum atomic E-state index is 0.243. The Kier molecular flexibility index (Phi) is 5.57. The van der Waals surface area contributed by atoms with Crippen molar-refractivity contribution in [1.29, 1.82) is 0 Å². The maximum atomic E-state index is 5.46. The van der Waals surface area contributed by atoms with Gasteiger partial charge in [-0.05, 0) is 11.8 Å². The van der Waals surface area contributed by atoms with Crippen LogP contribution < -0.4 is 0 Å². The quantitative estimate of drug-likeness (QED) is 0.660. The zero-order valence-electron chi connectivity index (χ0n) is 9.89. The zero-order chi connectivity index (χ0) is 10.5. The van der Waals surface area contributed by atoms with Crippen LogP contribution in [0.15, 0.2) is 0 Å². The average Bonchev–Trinajstić information content (AvgIpc) is 2.03. The van der Waals surface area contributed by atoms with Crippen LogP contribution >= 0.6 is 0 Å². The van der Waals surface area contributed by atoms with Gasteiger partial charge in [0.2, 0.25) is 0 Å². The molecule has 0 amide bonds. The Morgan fingerprint density at radius 2 is 1.69 bits per heavy atom. The predicted octanol–water partition coefficient (Wildman–Crippen LogP) is 2.72. The van der Waals surface area contributed by atoms with E-state index < -0.39 is 0 Å². The summed E-state index contributed by atoms with van der Waals surface area (Å²) in [4.78, 5) is 0. The third-order valence-electron chi connectivity index (χ3n) is 2.61. The van der Waals surface area contributed by atoms with Gasteiger partial charge >= 0.3 is 0 Å². The standard InChI is InChI=1S/C11H24O2/c1-7-10(13-6)9(8-12-5)11(2,3)4/h9-10H,7-8H2,1-6H3. The largest absolute Gasteiger partial charge is 0.384 e. The maximum Gasteiger partial charge on any atom is 0.0623 e. The zero-order valence-corrected chi connectivity index (χ0v) is 9.89. The second-order valence-corrected chi connectivity index (χ2v) is 4.61. The molecule has 0 saturated carbocycles. The van der Waals surface area contributed by atoms with Crippen molar-refractivity contribution in [3.8, 4) is 0 Å². The molecule has 0 aliphatic carbocycles. The third kappa shape index (κ3) is 4.10. The molecule has 0 aliphatic heterocycles. The second-order valence-electron chi connectivity index (χ2n) is 4.61. The van der Waals surface area contributed by atoms with Gasteiger partial charge in [-0.1, -0.05) is 27.7 Å². The summed E-state index contributed by atoms with van der Waals surface area (Å²) in [6, 6.07) is 0. The summed E-state index contributed by atoms with van der Waals surface area (Å²) in [5, 5.41) is 0. The van der Waals surface area contributed by atoms with Crippen LogP contribution in [-0.2, 0) is 9.47 Å². The van der Waals surface area contributed by atoms with Crippen LogP contribution in [0, 0.1) is 11.3 Å². The first-order valence-electron chi connectivity index (χ1n) is 4.99. The molecule has 0 saturated heterocycles. The molecule has 0 aromatic carbocycles. The van der Waals surface area contributed by atoms with Crippen molar-refractivity contribution < 1.29 is 9.47 Å². The van der Waals surface area contributed by atoms with Crippen LogP contribution in [0.3, 0.4) is 0 Å². The fraction of sp³-hybridized carbons (Fsp3) is 1.00. The first-order chi connectivity index (χ1) is 5.97. The van der Waals surface area contributed by atoms with Crippen molar-refractivity contribution >= 4 is 0 Å². The Morgan fingerprint density at radius 3 is 1.92 bits per heavy atom. The van der Waals surface area contributed by atoms with E-state index in [9.17, 15) is 0 Å². The van der Waals surface area contributed by atoms with Crippen molar-refractivity contribution in [3.63, 3.8) is 0 Å². The van der Waals surface area contributed by atoms with Crippen LogP contribution in [0.25, 0.3) is 0 Å². The predicted molar refractivity (Wildman–Crippen MR) is 55.9 cm³/mol. The highest BCUT2D eigenvalue weighted by molar-refractivity contribution is 4.80. The summed E-state index contributed by atoms with van der Waals surface area (Å²) < 4.78 is 10.7. The lowest BCUT2D eigenvalue weighted by Crippen LogP contribution is -2.36. The molecule has 2 atom stereocenters. The molecule has 2 nitrogen and oxygen atoms in total. The highest BCUT2D eigenvalue weighted by atomic mass is 16.5. The van der Waals surface area contributed by atoms with Crippen molar-refractivity contribution in [1.82, 2.24) is 0 Å². The van der Waals surface area contributed by atoms with Gasteiger partial charge in [-0.25, -0.2) is 0 Å². The molecule has 0 N–H and O–H groups in total. The molecule has 0 aromatic heterocycles. The summed E-state index contributed by atoms with van der Waals surface area (Å²) in [6.07, 6.45) is 1.35. The van der Waals surface area contributed by atoms with Crippen LogP contribution in [0.4, 0.5) is 0 Å². The topological polar surface area (TPSA) is 18.5 Å². The van der Waals surface area contributed by atoms with Crippen LogP contribution in [0.1, 0.15) is 34.1 Å². The molecule has 0 spiro atoms. The van der Waals surface area contributed by atoms with E-state index in [1.807, 2.05) is 0 Å². The highest BCUT2D eigenvalue weighted by Crippen LogP contribution is 2.31. The fourth-order valence-corrected chi connectivity index (χ4v) is 1.71. The first-order valence-corrected chi connectivity index (χ1v) is 4.99. The molecular weight excluding hydrogens is 164 g/mol. The van der Waals surface area contributed by atoms with Crippen molar-refractivity contribution in [2.75, 3.05) is 20.8 Å². The summed E-state index contributed by atoms with van der Waals surface area (Å²) in [5.41, 5.74) is 0.243. The lowest BCUT2D eigenvalue weighted by Gasteiger charge is -2.35. The molecule has 0 fully saturated rings. The van der Waals surface area contributed by atoms with Gasteiger partial charge in [0.05, 0.1) is 12.7 Å². The molecule has 2 heteroatoms. The van der Waals surface area contributed by atoms with Gasteiger partial charge in [0.25, 0.3) is 0 Å². The van der Waals surface area contributed by atoms with Gasteiger partial charge in [-0.2, -0.15) is 0 Å². The monoisotopic (exact) mass is 188 g/mol. The van der Waals surface area contributed by atoms with Gasteiger partial charge in [-0.3, -0.25) is 0 Å². The minimum Gasteiger partial charge on any atom is -0.384 e. The molecule has 13 heavy (non-hydrogen) atoms. The van der Waals surface area contributed by atoms with Gasteiger partial charge in [0.15, 0.2) is 0 Å². The number of ether oxygens (including phenoxy) is 2. The van der Waals surface area contributed by atoms with Gasteiger partial charge < -0.3 is 9.47 Å². The molecule has 0 radical (unpaired) electrons. The summed E-state index contributed by atoms with van der Waals surface area (Å²) >= 11 is 0. The Labute approximate surface area is 82.6 Å². The van der Waals surface area contributed by atoms with E-state index in [1.54, 1.807) is 14.2 Å². The maximum absolute atomic E-state index is 5.46. The number of hydrogen-bond donors (Lipinski definition) is 0. The lowest BCUT2D eigenvalue weighted by molar-refractivity contribution is -0.0341. The number of rotatable bonds is 5. The molecule has 0 bridgehead atoms. The minimum absolute atomic E-state index is 0.243. The van der Waals surface area contributed by atoms with Gasteiger partial charge in [-0.15, -0.1) is 0 Å². The summed E-state index contributed by atoms with van der Waals surface area (Å²) in [7, 11) is 3.53. The first kappa shape index (κ1) is 12.9. The molecule has 2 unspecified atom stereocenters. The van der Waals surface area contributed by atoms with Crippen molar-refractivity contribution in [3.05, 3.63) is 0 Å². The van der Waals surface area contributed by atoms with E-state index in [2.05, 4.69) is 27.7 Å². The molecule has 80 valence electrons. The number of methoxy groups -OCH3 is 2. The van der Waals surface area contributed by atoms with Crippen LogP contribution in [0.5, 0.6) is 0 Å². The summed E-state index contributed by atoms with van der Waals surface area (Å²) in [6.45, 7) is 9.63. The van der Waals surface area contributed by atoms with E-state index in [0.29, 0.717) is 12.0 Å². The van der Waals surface area contributed by atoms with E-state index in [0.717, 1.165) is 13.0 Å². The van der Waals surface area contributed by atoms with E-state index in [4.69, 9.17) is 9.47 Å². The smallest absolute Gasteiger partial charge is 0.0623 e. The molecular formula is C11H24O2. The Balaban J connectivity index is 4.38. The molecule has 0 heterocycles. The fourth-order valence-electron chi connectivity index (χ4n) is 1.71. The van der Waals surface area contributed by atoms with Crippen LogP contribution in [-0.4, -0.2) is 26.9 Å². The Morgan fingerprint density at radius 1 is 1.15 bits per heavy atom. The normalized spacial score (nSPS) is 17.1. The Bertz CT molecular complexity index is 123. The molecule has 0 rings (SSSR count). The van der Waals surface area contributed by atoms with E-state index in [1.165, 1.54) is 0 Å². The van der Waals surface area contributed by atoms with E-state index in [-0.39, 0.29) is 5.41 Å². The van der Waals surface area contributed by atoms with E-state index >= 15 is 0 Å². The van der Waals surface area contributed by atoms with Crippen LogP contribution in [0.2, 0.25) is 0 Å². The van der Waals surface area contributed by atoms with Gasteiger partial charge in [0.1, 0.15) is 0 Å². The van der Waals surface area contributed by atoms with Crippen molar-refractivity contribution in [2.24, 2.45) is 11.3 Å². The summed E-state index contributed by atoms with van der Waals surface area (Å²) in [5.74, 6) is 0.465. The Hall–Kier alpha value is -0.0800. The second kappa shape index (κ2) is 5.61. The average molecular weight is 188 g/mol. The molecule has 0 aliphatic rings. The SMILES string of the molecule is CCC(OC)C(COC)C(C)(C)C. The lowest BCUT2D eigenvalue weighted by atomic mass is 9.77. The molecule has 0 aromatic rings.